The SMILES string of the molecule is CCC(C)NC(C)(C)C(=O)C(C)C. The van der Waals surface area contributed by atoms with Gasteiger partial charge < -0.3 is 5.32 Å². The maximum absolute atomic E-state index is 11.8. The first kappa shape index (κ1) is 12.6. The highest BCUT2D eigenvalue weighted by Crippen LogP contribution is 2.12. The molecule has 1 N–H and O–H groups in total. The van der Waals surface area contributed by atoms with Gasteiger partial charge in [-0.1, -0.05) is 20.8 Å². The van der Waals surface area contributed by atoms with Crippen LogP contribution < -0.4 is 5.32 Å². The number of ketones is 1. The van der Waals surface area contributed by atoms with Gasteiger partial charge in [-0.2, -0.15) is 0 Å². The molecule has 0 fully saturated rings. The normalized spacial score (nSPS) is 14.7. The molecule has 0 heterocycles. The molecule has 0 radical (unpaired) electrons. The number of hydrogen-bond acceptors (Lipinski definition) is 2. The summed E-state index contributed by atoms with van der Waals surface area (Å²) in [6.45, 7) is 12.0. The summed E-state index contributed by atoms with van der Waals surface area (Å²) in [7, 11) is 0. The van der Waals surface area contributed by atoms with Crippen molar-refractivity contribution in [3.05, 3.63) is 0 Å². The number of Topliss-reactive ketones (excluding diaryl/α,β-unsaturated/α-hetero) is 1. The molecule has 0 aromatic heterocycles. The van der Waals surface area contributed by atoms with E-state index in [-0.39, 0.29) is 17.2 Å². The van der Waals surface area contributed by atoms with Crippen LogP contribution in [0.4, 0.5) is 0 Å². The third kappa shape index (κ3) is 3.90. The third-order valence-corrected chi connectivity index (χ3v) is 2.36. The molecular formula is C11H23NO. The highest BCUT2D eigenvalue weighted by atomic mass is 16.1. The zero-order valence-corrected chi connectivity index (χ0v) is 9.77. The summed E-state index contributed by atoms with van der Waals surface area (Å²) < 4.78 is 0. The summed E-state index contributed by atoms with van der Waals surface area (Å²) in [5, 5.41) is 3.34. The molecule has 2 nitrogen and oxygen atoms in total. The van der Waals surface area contributed by atoms with Crippen molar-refractivity contribution in [1.29, 1.82) is 0 Å². The fraction of sp³-hybridized carbons (Fsp3) is 0.909. The monoisotopic (exact) mass is 185 g/mol. The lowest BCUT2D eigenvalue weighted by molar-refractivity contribution is -0.127. The quantitative estimate of drug-likeness (QED) is 0.712. The third-order valence-electron chi connectivity index (χ3n) is 2.36. The van der Waals surface area contributed by atoms with Crippen LogP contribution in [0.3, 0.4) is 0 Å². The molecule has 0 aromatic carbocycles. The van der Waals surface area contributed by atoms with Gasteiger partial charge in [-0.15, -0.1) is 0 Å². The summed E-state index contributed by atoms with van der Waals surface area (Å²) in [4.78, 5) is 11.8. The van der Waals surface area contributed by atoms with Crippen LogP contribution in [-0.4, -0.2) is 17.4 Å². The van der Waals surface area contributed by atoms with Crippen molar-refractivity contribution < 1.29 is 4.79 Å². The van der Waals surface area contributed by atoms with Crippen LogP contribution in [0.15, 0.2) is 0 Å². The number of carbonyl (C=O) groups is 1. The van der Waals surface area contributed by atoms with E-state index in [9.17, 15) is 4.79 Å². The van der Waals surface area contributed by atoms with Crippen molar-refractivity contribution in [1.82, 2.24) is 5.32 Å². The Bertz CT molecular complexity index is 173. The molecule has 0 aliphatic heterocycles. The fourth-order valence-electron chi connectivity index (χ4n) is 1.51. The van der Waals surface area contributed by atoms with Gasteiger partial charge in [0.1, 0.15) is 0 Å². The summed E-state index contributed by atoms with van der Waals surface area (Å²) >= 11 is 0. The van der Waals surface area contributed by atoms with Gasteiger partial charge in [-0.25, -0.2) is 0 Å². The van der Waals surface area contributed by atoms with Crippen LogP contribution in [0, 0.1) is 5.92 Å². The molecular weight excluding hydrogens is 162 g/mol. The molecule has 0 spiro atoms. The fourth-order valence-corrected chi connectivity index (χ4v) is 1.51. The van der Waals surface area contributed by atoms with Crippen molar-refractivity contribution in [3.63, 3.8) is 0 Å². The van der Waals surface area contributed by atoms with E-state index >= 15 is 0 Å². The molecule has 0 bridgehead atoms. The van der Waals surface area contributed by atoms with E-state index in [0.29, 0.717) is 6.04 Å². The van der Waals surface area contributed by atoms with Gasteiger partial charge in [-0.05, 0) is 27.2 Å². The minimum absolute atomic E-state index is 0.103. The van der Waals surface area contributed by atoms with E-state index in [2.05, 4.69) is 19.2 Å². The predicted octanol–water partition coefficient (Wildman–Crippen LogP) is 2.38. The van der Waals surface area contributed by atoms with Crippen LogP contribution in [-0.2, 0) is 4.79 Å². The molecule has 0 saturated carbocycles. The molecule has 0 aliphatic carbocycles. The Kier molecular flexibility index (Phi) is 4.62. The first-order valence-electron chi connectivity index (χ1n) is 5.13. The van der Waals surface area contributed by atoms with E-state index < -0.39 is 0 Å². The lowest BCUT2D eigenvalue weighted by Crippen LogP contribution is -2.52. The molecule has 2 heteroatoms. The van der Waals surface area contributed by atoms with Gasteiger partial charge in [0.15, 0.2) is 5.78 Å². The average molecular weight is 185 g/mol. The summed E-state index contributed by atoms with van der Waals surface area (Å²) in [6, 6.07) is 0.401. The van der Waals surface area contributed by atoms with Gasteiger partial charge in [0.05, 0.1) is 5.54 Å². The van der Waals surface area contributed by atoms with Crippen molar-refractivity contribution in [3.8, 4) is 0 Å². The second-order valence-electron chi connectivity index (χ2n) is 4.60. The Labute approximate surface area is 82.1 Å². The number of hydrogen-bond donors (Lipinski definition) is 1. The smallest absolute Gasteiger partial charge is 0.154 e. The first-order valence-corrected chi connectivity index (χ1v) is 5.13. The Morgan fingerprint density at radius 2 is 1.77 bits per heavy atom. The topological polar surface area (TPSA) is 29.1 Å². The molecule has 1 unspecified atom stereocenters. The summed E-state index contributed by atoms with van der Waals surface area (Å²) in [5.74, 6) is 0.388. The molecule has 0 aliphatic rings. The summed E-state index contributed by atoms with van der Waals surface area (Å²) in [5.41, 5.74) is -0.385. The lowest BCUT2D eigenvalue weighted by atomic mass is 9.90. The van der Waals surface area contributed by atoms with Crippen molar-refractivity contribution in [2.75, 3.05) is 0 Å². The van der Waals surface area contributed by atoms with E-state index in [1.807, 2.05) is 27.7 Å². The van der Waals surface area contributed by atoms with E-state index in [1.165, 1.54) is 0 Å². The minimum atomic E-state index is -0.385. The average Bonchev–Trinajstić information content (AvgIpc) is 2.01. The molecule has 1 atom stereocenters. The second-order valence-corrected chi connectivity index (χ2v) is 4.60. The van der Waals surface area contributed by atoms with E-state index in [1.54, 1.807) is 0 Å². The number of rotatable bonds is 5. The van der Waals surface area contributed by atoms with Crippen molar-refractivity contribution in [2.24, 2.45) is 5.92 Å². The molecule has 0 rings (SSSR count). The van der Waals surface area contributed by atoms with Crippen molar-refractivity contribution in [2.45, 2.75) is 59.5 Å². The maximum atomic E-state index is 11.8. The molecule has 78 valence electrons. The van der Waals surface area contributed by atoms with Crippen molar-refractivity contribution >= 4 is 5.78 Å². The zero-order chi connectivity index (χ0) is 10.6. The van der Waals surface area contributed by atoms with Crippen LogP contribution in [0.5, 0.6) is 0 Å². The maximum Gasteiger partial charge on any atom is 0.154 e. The molecule has 0 amide bonds. The van der Waals surface area contributed by atoms with E-state index in [0.717, 1.165) is 6.42 Å². The van der Waals surface area contributed by atoms with Gasteiger partial charge in [0, 0.05) is 12.0 Å². The zero-order valence-electron chi connectivity index (χ0n) is 9.77. The van der Waals surface area contributed by atoms with Crippen LogP contribution in [0.2, 0.25) is 0 Å². The minimum Gasteiger partial charge on any atom is -0.303 e. The predicted molar refractivity (Wildman–Crippen MR) is 56.8 cm³/mol. The Balaban J connectivity index is 4.30. The van der Waals surface area contributed by atoms with Crippen LogP contribution in [0.1, 0.15) is 48.0 Å². The summed E-state index contributed by atoms with van der Waals surface area (Å²) in [6.07, 6.45) is 1.05. The molecule has 0 aromatic rings. The number of nitrogens with one attached hydrogen (secondary N) is 1. The van der Waals surface area contributed by atoms with Crippen LogP contribution in [0.25, 0.3) is 0 Å². The molecule has 0 saturated heterocycles. The Morgan fingerprint density at radius 3 is 2.08 bits per heavy atom. The largest absolute Gasteiger partial charge is 0.303 e. The highest BCUT2D eigenvalue weighted by Gasteiger charge is 2.29. The highest BCUT2D eigenvalue weighted by molar-refractivity contribution is 5.89. The Morgan fingerprint density at radius 1 is 1.31 bits per heavy atom. The van der Waals surface area contributed by atoms with Gasteiger partial charge in [0.2, 0.25) is 0 Å². The Hall–Kier alpha value is -0.370. The second kappa shape index (κ2) is 4.75. The lowest BCUT2D eigenvalue weighted by Gasteiger charge is -2.30. The number of carbonyl (C=O) groups excluding carboxylic acids is 1. The first-order chi connectivity index (χ1) is 5.81. The standard InChI is InChI=1S/C11H23NO/c1-7-9(4)12-11(5,6)10(13)8(2)3/h8-9,12H,7H2,1-6H3. The molecule has 13 heavy (non-hydrogen) atoms. The van der Waals surface area contributed by atoms with Gasteiger partial charge >= 0.3 is 0 Å². The van der Waals surface area contributed by atoms with Gasteiger partial charge in [-0.3, -0.25) is 4.79 Å². The van der Waals surface area contributed by atoms with Gasteiger partial charge in [0.25, 0.3) is 0 Å². The van der Waals surface area contributed by atoms with Crippen LogP contribution >= 0.6 is 0 Å². The van der Waals surface area contributed by atoms with E-state index in [4.69, 9.17) is 0 Å².